The molecule has 0 aliphatic heterocycles. The molecule has 0 N–H and O–H groups in total. The van der Waals surface area contributed by atoms with E-state index in [2.05, 4.69) is 13.8 Å². The fraction of sp³-hybridized carbons (Fsp3) is 1.00. The topological polar surface area (TPSA) is 72.4 Å². The van der Waals surface area contributed by atoms with Crippen LogP contribution >= 0.6 is 7.82 Å². The van der Waals surface area contributed by atoms with Crippen molar-refractivity contribution in [2.24, 2.45) is 0 Å². The lowest BCUT2D eigenvalue weighted by Gasteiger charge is -2.33. The molecular formula is C15H31O4P-2. The lowest BCUT2D eigenvalue weighted by Crippen LogP contribution is -2.23. The molecule has 20 heavy (non-hydrogen) atoms. The van der Waals surface area contributed by atoms with Crippen molar-refractivity contribution in [1.29, 1.82) is 0 Å². The third-order valence-corrected chi connectivity index (χ3v) is 4.09. The Bertz CT molecular complexity index is 238. The Morgan fingerprint density at radius 2 is 1.20 bits per heavy atom. The number of unbranched alkanes of at least 4 members (excludes halogenated alkanes) is 8. The summed E-state index contributed by atoms with van der Waals surface area (Å²) in [5.41, 5.74) is 0. The molecule has 122 valence electrons. The molecule has 0 atom stereocenters. The quantitative estimate of drug-likeness (QED) is 0.360. The second-order valence-corrected chi connectivity index (χ2v) is 6.69. The zero-order chi connectivity index (χ0) is 15.3. The summed E-state index contributed by atoms with van der Waals surface area (Å²) in [5, 5.41) is 0. The van der Waals surface area contributed by atoms with E-state index in [9.17, 15) is 14.4 Å². The summed E-state index contributed by atoms with van der Waals surface area (Å²) in [6.45, 7) is 4.32. The molecule has 0 aliphatic carbocycles. The fourth-order valence-electron chi connectivity index (χ4n) is 2.38. The number of hydrogen-bond acceptors (Lipinski definition) is 4. The van der Waals surface area contributed by atoms with Crippen molar-refractivity contribution < 1.29 is 18.9 Å². The Morgan fingerprint density at radius 3 is 1.55 bits per heavy atom. The molecule has 5 heteroatoms. The van der Waals surface area contributed by atoms with Crippen LogP contribution in [-0.2, 0) is 9.09 Å². The maximum atomic E-state index is 10.8. The van der Waals surface area contributed by atoms with Crippen molar-refractivity contribution in [2.45, 2.75) is 97.0 Å². The predicted molar refractivity (Wildman–Crippen MR) is 79.2 cm³/mol. The summed E-state index contributed by atoms with van der Waals surface area (Å²) in [4.78, 5) is 21.5. The molecule has 0 bridgehead atoms. The molecule has 0 aromatic rings. The lowest BCUT2D eigenvalue weighted by molar-refractivity contribution is -0.345. The smallest absolute Gasteiger partial charge is 0.0627 e. The van der Waals surface area contributed by atoms with Gasteiger partial charge in [-0.25, -0.2) is 0 Å². The van der Waals surface area contributed by atoms with Crippen LogP contribution < -0.4 is 9.79 Å². The average molecular weight is 306 g/mol. The van der Waals surface area contributed by atoms with Gasteiger partial charge in [0.2, 0.25) is 0 Å². The molecule has 0 saturated carbocycles. The molecule has 0 rings (SSSR count). The van der Waals surface area contributed by atoms with Gasteiger partial charge in [-0.15, -0.1) is 0 Å². The van der Waals surface area contributed by atoms with Crippen LogP contribution in [0.5, 0.6) is 0 Å². The van der Waals surface area contributed by atoms with Gasteiger partial charge in [0.15, 0.2) is 0 Å². The Labute approximate surface area is 124 Å². The summed E-state index contributed by atoms with van der Waals surface area (Å²) in [7, 11) is -4.84. The maximum absolute atomic E-state index is 10.8. The average Bonchev–Trinajstić information content (AvgIpc) is 2.36. The minimum atomic E-state index is -4.84. The molecule has 0 saturated heterocycles. The van der Waals surface area contributed by atoms with Crippen LogP contribution in [0.15, 0.2) is 0 Å². The maximum Gasteiger partial charge on any atom is 0.0627 e. The van der Waals surface area contributed by atoms with E-state index in [4.69, 9.17) is 4.52 Å². The molecule has 0 aromatic heterocycles. The molecule has 0 radical (unpaired) electrons. The van der Waals surface area contributed by atoms with Gasteiger partial charge in [-0.1, -0.05) is 78.1 Å². The van der Waals surface area contributed by atoms with Gasteiger partial charge in [0, 0.05) is 0 Å². The lowest BCUT2D eigenvalue weighted by atomic mass is 10.0. The Morgan fingerprint density at radius 1 is 0.800 bits per heavy atom. The van der Waals surface area contributed by atoms with Gasteiger partial charge in [0.05, 0.1) is 13.9 Å². The zero-order valence-electron chi connectivity index (χ0n) is 13.1. The minimum Gasteiger partial charge on any atom is -0.790 e. The van der Waals surface area contributed by atoms with E-state index >= 15 is 0 Å². The molecule has 0 fully saturated rings. The number of phosphoric ester groups is 1. The van der Waals surface area contributed by atoms with Crippen molar-refractivity contribution in [2.75, 3.05) is 0 Å². The van der Waals surface area contributed by atoms with Crippen LogP contribution in [0, 0.1) is 0 Å². The molecule has 0 amide bonds. The molecule has 0 spiro atoms. The third-order valence-electron chi connectivity index (χ3n) is 3.54. The highest BCUT2D eigenvalue weighted by Gasteiger charge is 2.10. The van der Waals surface area contributed by atoms with Gasteiger partial charge in [-0.2, -0.15) is 0 Å². The van der Waals surface area contributed by atoms with Gasteiger partial charge in [-0.3, -0.25) is 0 Å². The van der Waals surface area contributed by atoms with Crippen molar-refractivity contribution >= 4 is 7.82 Å². The Kier molecular flexibility index (Phi) is 12.9. The highest BCUT2D eigenvalue weighted by Crippen LogP contribution is 2.31. The largest absolute Gasteiger partial charge is 0.790 e. The van der Waals surface area contributed by atoms with Gasteiger partial charge < -0.3 is 18.9 Å². The molecule has 4 nitrogen and oxygen atoms in total. The first kappa shape index (κ1) is 20.1. The SMILES string of the molecule is CCCCCCCC(CCCCCCC)OP(=O)([O-])[O-]. The molecular weight excluding hydrogens is 275 g/mol. The molecule has 0 unspecified atom stereocenters. The predicted octanol–water partition coefficient (Wildman–Crippen LogP) is 3.92. The summed E-state index contributed by atoms with van der Waals surface area (Å²) < 4.78 is 15.5. The van der Waals surface area contributed by atoms with E-state index in [1.165, 1.54) is 38.5 Å². The summed E-state index contributed by atoms with van der Waals surface area (Å²) in [5.74, 6) is 0. The van der Waals surface area contributed by atoms with Crippen LogP contribution in [-0.4, -0.2) is 6.10 Å². The standard InChI is InChI=1S/C15H33O4P/c1-3-5-7-9-11-13-15(19-20(16,17)18)14-12-10-8-6-4-2/h15H,3-14H2,1-2H3,(H2,16,17,18)/p-2. The van der Waals surface area contributed by atoms with E-state index in [0.29, 0.717) is 12.8 Å². The van der Waals surface area contributed by atoms with Crippen LogP contribution in [0.4, 0.5) is 0 Å². The molecule has 0 aromatic carbocycles. The number of hydrogen-bond donors (Lipinski definition) is 0. The van der Waals surface area contributed by atoms with Crippen LogP contribution in [0.3, 0.4) is 0 Å². The van der Waals surface area contributed by atoms with Crippen LogP contribution in [0.25, 0.3) is 0 Å². The van der Waals surface area contributed by atoms with E-state index in [0.717, 1.165) is 25.7 Å². The zero-order valence-corrected chi connectivity index (χ0v) is 14.0. The van der Waals surface area contributed by atoms with E-state index in [-0.39, 0.29) is 0 Å². The summed E-state index contributed by atoms with van der Waals surface area (Å²) in [6.07, 6.45) is 12.2. The molecule has 0 heterocycles. The highest BCUT2D eigenvalue weighted by molar-refractivity contribution is 7.43. The second-order valence-electron chi connectivity index (χ2n) is 5.58. The van der Waals surface area contributed by atoms with E-state index < -0.39 is 13.9 Å². The second kappa shape index (κ2) is 12.8. The van der Waals surface area contributed by atoms with Gasteiger partial charge in [0.1, 0.15) is 0 Å². The first-order valence-corrected chi connectivity index (χ1v) is 9.66. The normalized spacial score (nSPS) is 12.2. The van der Waals surface area contributed by atoms with Crippen molar-refractivity contribution in [3.8, 4) is 0 Å². The monoisotopic (exact) mass is 306 g/mol. The van der Waals surface area contributed by atoms with Crippen LogP contribution in [0.2, 0.25) is 0 Å². The van der Waals surface area contributed by atoms with Crippen LogP contribution in [0.1, 0.15) is 90.9 Å². The summed E-state index contributed by atoms with van der Waals surface area (Å²) in [6, 6.07) is 0. The van der Waals surface area contributed by atoms with Gasteiger partial charge in [0.25, 0.3) is 0 Å². The summed E-state index contributed by atoms with van der Waals surface area (Å²) >= 11 is 0. The number of phosphoric acid groups is 1. The fourth-order valence-corrected chi connectivity index (χ4v) is 2.96. The Hall–Kier alpha value is 0.110. The van der Waals surface area contributed by atoms with Crippen molar-refractivity contribution in [3.63, 3.8) is 0 Å². The van der Waals surface area contributed by atoms with E-state index in [1.54, 1.807) is 0 Å². The molecule has 0 aliphatic rings. The van der Waals surface area contributed by atoms with Crippen molar-refractivity contribution in [3.05, 3.63) is 0 Å². The van der Waals surface area contributed by atoms with E-state index in [1.807, 2.05) is 0 Å². The Balaban J connectivity index is 3.86. The minimum absolute atomic E-state index is 0.404. The first-order chi connectivity index (χ1) is 9.49. The number of rotatable bonds is 14. The van der Waals surface area contributed by atoms with Crippen molar-refractivity contribution in [1.82, 2.24) is 0 Å². The highest BCUT2D eigenvalue weighted by atomic mass is 31.2. The third kappa shape index (κ3) is 14.5. The van der Waals surface area contributed by atoms with Gasteiger partial charge >= 0.3 is 0 Å². The van der Waals surface area contributed by atoms with Gasteiger partial charge in [-0.05, 0) is 12.8 Å². The first-order valence-electron chi connectivity index (χ1n) is 8.20.